The average Bonchev–Trinajstić information content (AvgIpc) is 1.63. The molecule has 0 amide bonds. The lowest BCUT2D eigenvalue weighted by atomic mass is 10.0. The Balaban J connectivity index is 0.000000133. The van der Waals surface area contributed by atoms with E-state index in [-0.39, 0.29) is 0 Å². The first-order chi connectivity index (χ1) is 59.4. The second-order valence-corrected chi connectivity index (χ2v) is 29.8. The Morgan fingerprint density at radius 1 is 0.142 bits per heavy atom. The Morgan fingerprint density at radius 3 is 0.658 bits per heavy atom. The van der Waals surface area contributed by atoms with Crippen molar-refractivity contribution in [3.05, 3.63) is 412 Å². The smallest absolute Gasteiger partial charge is 0.136 e. The molecule has 18 aromatic carbocycles. The van der Waals surface area contributed by atoms with E-state index in [1.54, 1.807) is 0 Å². The number of furan rings is 3. The molecule has 0 saturated carbocycles. The topological polar surface area (TPSA) is 39.4 Å². The predicted molar refractivity (Wildman–Crippen MR) is 540 cm³/mol. The number of rotatable bonds is 0. The molecule has 0 aliphatic heterocycles. The Bertz CT molecular complexity index is 6390. The Hall–Kier alpha value is -12.9. The zero-order valence-electron chi connectivity index (χ0n) is 71.6. The van der Waals surface area contributed by atoms with Crippen LogP contribution in [0.4, 0.5) is 0 Å². The summed E-state index contributed by atoms with van der Waals surface area (Å²) in [7, 11) is 0. The van der Waals surface area contributed by atoms with Crippen molar-refractivity contribution in [2.45, 2.75) is 96.9 Å². The van der Waals surface area contributed by atoms with E-state index in [0.717, 1.165) is 33.5 Å². The molecule has 0 radical (unpaired) electrons. The van der Waals surface area contributed by atoms with Gasteiger partial charge >= 0.3 is 0 Å². The molecule has 0 bridgehead atoms. The minimum Gasteiger partial charge on any atom is -0.456 e. The number of fused-ring (bicyclic) bond motifs is 26. The Kier molecular flexibility index (Phi) is 33.1. The van der Waals surface area contributed by atoms with Gasteiger partial charge in [0.1, 0.15) is 33.5 Å². The van der Waals surface area contributed by atoms with Gasteiger partial charge in [-0.3, -0.25) is 0 Å². The minimum absolute atomic E-state index is 0.957. The van der Waals surface area contributed by atoms with Crippen molar-refractivity contribution in [2.24, 2.45) is 0 Å². The van der Waals surface area contributed by atoms with Crippen LogP contribution in [0.1, 0.15) is 94.2 Å². The van der Waals surface area contributed by atoms with Crippen LogP contribution >= 0.6 is 34.0 Å². The molecule has 24 aromatic rings. The van der Waals surface area contributed by atoms with Crippen molar-refractivity contribution in [1.29, 1.82) is 0 Å². The van der Waals surface area contributed by atoms with Gasteiger partial charge in [-0.05, 0) is 130 Å². The third kappa shape index (κ3) is 20.6. The van der Waals surface area contributed by atoms with Crippen LogP contribution in [0.2, 0.25) is 0 Å². The number of aryl methyl sites for hydroxylation is 2. The van der Waals surface area contributed by atoms with Crippen molar-refractivity contribution in [2.75, 3.05) is 0 Å². The summed E-state index contributed by atoms with van der Waals surface area (Å²) in [6.07, 6.45) is 0. The monoisotopic (exact) mass is 1620 g/mol. The average molecular weight is 1620 g/mol. The first-order valence-corrected chi connectivity index (χ1v) is 44.8. The molecule has 6 heterocycles. The molecule has 6 aromatic heterocycles. The van der Waals surface area contributed by atoms with E-state index in [1.165, 1.54) is 147 Å². The van der Waals surface area contributed by atoms with E-state index >= 15 is 0 Å². The molecule has 0 aliphatic carbocycles. The van der Waals surface area contributed by atoms with Crippen molar-refractivity contribution >= 4 is 203 Å². The number of para-hydroxylation sites is 4. The van der Waals surface area contributed by atoms with Gasteiger partial charge in [0, 0.05) is 92.8 Å². The van der Waals surface area contributed by atoms with E-state index in [2.05, 4.69) is 317 Å². The number of hydrogen-bond acceptors (Lipinski definition) is 6. The normalized spacial score (nSPS) is 10.2. The largest absolute Gasteiger partial charge is 0.456 e. The molecule has 0 unspecified atom stereocenters. The lowest BCUT2D eigenvalue weighted by Crippen LogP contribution is -1.73. The van der Waals surface area contributed by atoms with Crippen molar-refractivity contribution in [3.63, 3.8) is 0 Å². The maximum atomic E-state index is 5.86. The highest BCUT2D eigenvalue weighted by Crippen LogP contribution is 2.42. The number of thiophene rings is 3. The van der Waals surface area contributed by atoms with Gasteiger partial charge in [-0.1, -0.05) is 422 Å². The molecule has 24 rings (SSSR count). The van der Waals surface area contributed by atoms with E-state index in [0.29, 0.717) is 0 Å². The molecule has 120 heavy (non-hydrogen) atoms. The van der Waals surface area contributed by atoms with Crippen LogP contribution in [0.15, 0.2) is 414 Å². The van der Waals surface area contributed by atoms with Gasteiger partial charge in [0.05, 0.1) is 0 Å². The van der Waals surface area contributed by atoms with Gasteiger partial charge in [-0.15, -0.1) is 34.0 Å². The van der Waals surface area contributed by atoms with Crippen LogP contribution in [0.3, 0.4) is 0 Å². The Morgan fingerprint density at radius 2 is 0.350 bits per heavy atom. The summed E-state index contributed by atoms with van der Waals surface area (Å²) in [5.74, 6) is 0. The Labute approximate surface area is 719 Å². The zero-order valence-corrected chi connectivity index (χ0v) is 74.0. The summed E-state index contributed by atoms with van der Waals surface area (Å²) in [4.78, 5) is 0. The van der Waals surface area contributed by atoms with Gasteiger partial charge in [0.15, 0.2) is 0 Å². The molecule has 600 valence electrons. The van der Waals surface area contributed by atoms with E-state index in [1.807, 2.05) is 214 Å². The summed E-state index contributed by atoms with van der Waals surface area (Å²) in [6.45, 7) is 28.2. The molecule has 0 fully saturated rings. The maximum absolute atomic E-state index is 5.86. The fourth-order valence-corrected chi connectivity index (χ4v) is 17.7. The van der Waals surface area contributed by atoms with Gasteiger partial charge in [-0.25, -0.2) is 0 Å². The second kappa shape index (κ2) is 45.1. The zero-order chi connectivity index (χ0) is 84.5. The van der Waals surface area contributed by atoms with Crippen LogP contribution in [-0.2, 0) is 0 Å². The van der Waals surface area contributed by atoms with Crippen LogP contribution < -0.4 is 0 Å². The standard InChI is InChI=1S/2C16H10O.2C16H10S.C12H8O.C12H8S.2C7H8.6C2H6/c4*1-2-6-12-11(5-1)9-10-15-16(12)13-7-3-4-8-14(13)17-15;2*1-3-7-11-9(5-1)10-6-2-4-8-12(10)13-11;2*1-7-5-3-2-4-6-7;6*1-2/h4*1-10H;2*1-8H;2*2-6H,1H3;6*1-2H3. The fraction of sp³-hybridized carbons (Fsp3) is 0.123. The lowest BCUT2D eigenvalue weighted by Gasteiger charge is -1.99. The molecule has 0 saturated heterocycles. The lowest BCUT2D eigenvalue weighted by molar-refractivity contribution is 0.668. The molecule has 0 N–H and O–H groups in total. The summed E-state index contributed by atoms with van der Waals surface area (Å²) in [6, 6.07) is 139. The molecule has 0 aliphatic rings. The molecular weight excluding hydrogens is 1510 g/mol. The van der Waals surface area contributed by atoms with E-state index in [4.69, 9.17) is 13.3 Å². The SMILES string of the molecule is CC.CC.CC.CC.CC.CC.Cc1ccccc1.Cc1ccccc1.c1ccc2c(c1)ccc1oc3ccccc3c12.c1ccc2c(c1)ccc1oc3ccccc3c12.c1ccc2c(c1)ccc1sc3ccccc3c12.c1ccc2c(c1)ccc1sc3ccccc3c12.c1ccc2c(c1)oc1ccccc12.c1ccc2c(c1)sc1ccccc12. The van der Waals surface area contributed by atoms with E-state index < -0.39 is 0 Å². The number of benzene rings is 18. The summed E-state index contributed by atoms with van der Waals surface area (Å²) in [5.41, 5.74) is 8.41. The third-order valence-electron chi connectivity index (χ3n) is 19.5. The summed E-state index contributed by atoms with van der Waals surface area (Å²) in [5, 5.41) is 25.9. The van der Waals surface area contributed by atoms with Gasteiger partial charge < -0.3 is 13.3 Å². The molecular formula is C114H108O3S3. The third-order valence-corrected chi connectivity index (χ3v) is 22.9. The molecule has 0 atom stereocenters. The van der Waals surface area contributed by atoms with Gasteiger partial charge in [0.2, 0.25) is 0 Å². The fourth-order valence-electron chi connectivity index (χ4n) is 14.4. The van der Waals surface area contributed by atoms with E-state index in [9.17, 15) is 0 Å². The van der Waals surface area contributed by atoms with Crippen LogP contribution in [-0.4, -0.2) is 0 Å². The molecule has 6 heteroatoms. The maximum Gasteiger partial charge on any atom is 0.136 e. The van der Waals surface area contributed by atoms with Crippen molar-refractivity contribution in [1.82, 2.24) is 0 Å². The highest BCUT2D eigenvalue weighted by atomic mass is 32.1. The number of hydrogen-bond donors (Lipinski definition) is 0. The first-order valence-electron chi connectivity index (χ1n) is 42.3. The van der Waals surface area contributed by atoms with Gasteiger partial charge in [-0.2, -0.15) is 0 Å². The molecule has 0 spiro atoms. The quantitative estimate of drug-likeness (QED) is 0.152. The van der Waals surface area contributed by atoms with Crippen molar-refractivity contribution < 1.29 is 13.3 Å². The van der Waals surface area contributed by atoms with Gasteiger partial charge in [0.25, 0.3) is 0 Å². The second-order valence-electron chi connectivity index (χ2n) is 26.5. The van der Waals surface area contributed by atoms with Crippen LogP contribution in [0.5, 0.6) is 0 Å². The predicted octanol–water partition coefficient (Wildman–Crippen LogP) is 37.7. The highest BCUT2D eigenvalue weighted by Gasteiger charge is 2.13. The first kappa shape index (κ1) is 87.9. The molecule has 3 nitrogen and oxygen atoms in total. The highest BCUT2D eigenvalue weighted by molar-refractivity contribution is 7.26. The van der Waals surface area contributed by atoms with Crippen molar-refractivity contribution in [3.8, 4) is 0 Å². The van der Waals surface area contributed by atoms with Crippen LogP contribution in [0.25, 0.3) is 169 Å². The van der Waals surface area contributed by atoms with Crippen LogP contribution in [0, 0.1) is 13.8 Å². The summed E-state index contributed by atoms with van der Waals surface area (Å²) < 4.78 is 25.6. The minimum atomic E-state index is 0.957. The summed E-state index contributed by atoms with van der Waals surface area (Å²) >= 11 is 5.61.